The number of nitrogens with two attached hydrogens (primary N) is 1. The predicted molar refractivity (Wildman–Crippen MR) is 121 cm³/mol. The summed E-state index contributed by atoms with van der Waals surface area (Å²) in [6.07, 6.45) is 7.14. The summed E-state index contributed by atoms with van der Waals surface area (Å²) in [5.41, 5.74) is 7.80. The lowest BCUT2D eigenvalue weighted by Gasteiger charge is -2.20. The number of hydrogen-bond donors (Lipinski definition) is 4. The summed E-state index contributed by atoms with van der Waals surface area (Å²) in [4.78, 5) is 13.8. The fourth-order valence-electron chi connectivity index (χ4n) is 3.12. The minimum Gasteiger partial charge on any atom is -0.486 e. The molecule has 1 atom stereocenters. The van der Waals surface area contributed by atoms with E-state index in [1.807, 2.05) is 10.6 Å². The quantitative estimate of drug-likeness (QED) is 0.197. The van der Waals surface area contributed by atoms with E-state index in [4.69, 9.17) is 26.2 Å². The van der Waals surface area contributed by atoms with E-state index in [9.17, 15) is 4.21 Å². The van der Waals surface area contributed by atoms with Gasteiger partial charge in [0.05, 0.1) is 0 Å². The number of nitrogens with zero attached hydrogens (tertiary/aromatic N) is 4. The number of terminal acetylenes is 1. The lowest BCUT2D eigenvalue weighted by atomic mass is 10.2. The highest BCUT2D eigenvalue weighted by molar-refractivity contribution is 7.99. The number of nitrogen functional groups attached to an aromatic ring is 1. The van der Waals surface area contributed by atoms with E-state index < -0.39 is 11.3 Å². The molecule has 1 aromatic carbocycles. The van der Waals surface area contributed by atoms with Gasteiger partial charge in [-0.2, -0.15) is 0 Å². The molecule has 1 unspecified atom stereocenters. The first-order valence-corrected chi connectivity index (χ1v) is 11.6. The molecule has 0 saturated heterocycles. The van der Waals surface area contributed by atoms with Gasteiger partial charge in [0.2, 0.25) is 11.3 Å². The van der Waals surface area contributed by atoms with Crippen molar-refractivity contribution in [3.05, 3.63) is 24.0 Å². The zero-order valence-electron chi connectivity index (χ0n) is 16.9. The van der Waals surface area contributed by atoms with Crippen LogP contribution in [0.4, 0.5) is 5.82 Å². The molecule has 0 bridgehead atoms. The maximum absolute atomic E-state index is 10.7. The van der Waals surface area contributed by atoms with Gasteiger partial charge in [0.15, 0.2) is 33.6 Å². The van der Waals surface area contributed by atoms with E-state index >= 15 is 0 Å². The molecule has 13 heteroatoms. The number of anilines is 1. The normalized spacial score (nSPS) is 13.8. The van der Waals surface area contributed by atoms with Gasteiger partial charge in [-0.15, -0.1) is 6.42 Å². The molecule has 0 spiro atoms. The number of nitrogens with one attached hydrogen (secondary N) is 2. The van der Waals surface area contributed by atoms with Gasteiger partial charge in [-0.25, -0.2) is 23.9 Å². The van der Waals surface area contributed by atoms with Crippen LogP contribution < -0.4 is 25.2 Å². The zero-order chi connectivity index (χ0) is 22.5. The Kier molecular flexibility index (Phi) is 7.08. The molecule has 0 aliphatic carbocycles. The van der Waals surface area contributed by atoms with Gasteiger partial charge in [-0.1, -0.05) is 17.7 Å². The molecule has 5 N–H and O–H groups in total. The summed E-state index contributed by atoms with van der Waals surface area (Å²) < 4.78 is 35.1. The van der Waals surface area contributed by atoms with Crippen molar-refractivity contribution in [2.24, 2.45) is 0 Å². The summed E-state index contributed by atoms with van der Waals surface area (Å²) in [6, 6.07) is 3.64. The second-order valence-electron chi connectivity index (χ2n) is 6.61. The average molecular weight is 476 g/mol. The van der Waals surface area contributed by atoms with Crippen LogP contribution in [-0.4, -0.2) is 61.1 Å². The fourth-order valence-corrected chi connectivity index (χ4v) is 4.41. The number of benzene rings is 1. The first-order chi connectivity index (χ1) is 15.6. The molecule has 168 valence electrons. The van der Waals surface area contributed by atoms with Gasteiger partial charge in [-0.3, -0.25) is 4.55 Å². The Morgan fingerprint density at radius 2 is 2.03 bits per heavy atom. The highest BCUT2D eigenvalue weighted by Crippen LogP contribution is 2.40. The van der Waals surface area contributed by atoms with Gasteiger partial charge in [0.1, 0.15) is 19.5 Å². The first kappa shape index (κ1) is 22.3. The number of fused-ring (bicyclic) bond motifs is 2. The third kappa shape index (κ3) is 4.95. The molecule has 0 saturated carbocycles. The minimum absolute atomic E-state index is 0.289. The minimum atomic E-state index is -2.03. The lowest BCUT2D eigenvalue weighted by molar-refractivity contribution is 0.171. The highest BCUT2D eigenvalue weighted by Gasteiger charge is 2.20. The monoisotopic (exact) mass is 475 g/mol. The van der Waals surface area contributed by atoms with Crippen LogP contribution in [0.1, 0.15) is 5.56 Å². The topological polar surface area (TPSA) is 149 Å². The molecule has 1 aliphatic heterocycles. The van der Waals surface area contributed by atoms with Gasteiger partial charge in [0, 0.05) is 42.7 Å². The Balaban J connectivity index is 1.60. The second kappa shape index (κ2) is 10.2. The van der Waals surface area contributed by atoms with Crippen LogP contribution in [0.3, 0.4) is 0 Å². The average Bonchev–Trinajstić information content (AvgIpc) is 3.14. The third-order valence-corrected chi connectivity index (χ3v) is 6.07. The van der Waals surface area contributed by atoms with Crippen LogP contribution in [-0.2, 0) is 17.8 Å². The summed E-state index contributed by atoms with van der Waals surface area (Å²) >= 11 is -0.645. The van der Waals surface area contributed by atoms with E-state index in [2.05, 4.69) is 30.9 Å². The lowest BCUT2D eigenvalue weighted by Crippen LogP contribution is -2.30. The first-order valence-electron chi connectivity index (χ1n) is 9.66. The van der Waals surface area contributed by atoms with Gasteiger partial charge in [0.25, 0.3) is 0 Å². The maximum Gasteiger partial charge on any atom is 0.231 e. The molecule has 1 aliphatic rings. The van der Waals surface area contributed by atoms with Crippen LogP contribution in [0.15, 0.2) is 28.5 Å². The Morgan fingerprint density at radius 3 is 2.78 bits per heavy atom. The van der Waals surface area contributed by atoms with Crippen molar-refractivity contribution in [3.63, 3.8) is 0 Å². The predicted octanol–water partition coefficient (Wildman–Crippen LogP) is 0.628. The maximum atomic E-state index is 10.7. The van der Waals surface area contributed by atoms with E-state index in [0.29, 0.717) is 72.8 Å². The van der Waals surface area contributed by atoms with E-state index in [-0.39, 0.29) is 5.82 Å². The molecular weight excluding hydrogens is 454 g/mol. The van der Waals surface area contributed by atoms with Crippen molar-refractivity contribution >= 4 is 40.0 Å². The largest absolute Gasteiger partial charge is 0.486 e. The summed E-state index contributed by atoms with van der Waals surface area (Å²) in [5.74, 6) is 4.24. The number of ether oxygens (including phenoxy) is 2. The number of hydrogen-bond acceptors (Lipinski definition) is 9. The Morgan fingerprint density at radius 1 is 1.25 bits per heavy atom. The van der Waals surface area contributed by atoms with Crippen molar-refractivity contribution in [3.8, 4) is 23.8 Å². The van der Waals surface area contributed by atoms with E-state index in [1.54, 1.807) is 6.07 Å². The van der Waals surface area contributed by atoms with Gasteiger partial charge >= 0.3 is 0 Å². The Bertz CT molecular complexity index is 1190. The Labute approximate surface area is 190 Å². The molecular formula is C19H21N7O4S2. The number of rotatable bonds is 9. The van der Waals surface area contributed by atoms with Crippen LogP contribution in [0.2, 0.25) is 0 Å². The summed E-state index contributed by atoms with van der Waals surface area (Å²) in [5, 5.41) is 3.85. The van der Waals surface area contributed by atoms with Gasteiger partial charge < -0.3 is 25.1 Å². The number of imidazole rings is 1. The molecule has 32 heavy (non-hydrogen) atoms. The highest BCUT2D eigenvalue weighted by atomic mass is 32.2. The molecule has 0 amide bonds. The van der Waals surface area contributed by atoms with Crippen molar-refractivity contribution in [2.75, 3.05) is 38.6 Å². The molecule has 3 heterocycles. The molecule has 3 aromatic rings. The SMILES string of the molecule is C#Cc1cc2c(cc1Sc1nc3c(N)ncnc3n1CCNCCNS(=O)O)OCCO2. The molecule has 0 radical (unpaired) electrons. The molecule has 0 fully saturated rings. The van der Waals surface area contributed by atoms with Crippen molar-refractivity contribution < 1.29 is 18.2 Å². The fraction of sp³-hybridized carbons (Fsp3) is 0.316. The van der Waals surface area contributed by atoms with Gasteiger partial charge in [-0.05, 0) is 6.07 Å². The van der Waals surface area contributed by atoms with Crippen LogP contribution in [0.5, 0.6) is 11.5 Å². The molecule has 2 aromatic heterocycles. The van der Waals surface area contributed by atoms with Crippen LogP contribution in [0, 0.1) is 12.3 Å². The zero-order valence-corrected chi connectivity index (χ0v) is 18.5. The number of aromatic nitrogens is 4. The summed E-state index contributed by atoms with van der Waals surface area (Å²) in [6.45, 7) is 2.93. The van der Waals surface area contributed by atoms with E-state index in [0.717, 1.165) is 4.90 Å². The summed E-state index contributed by atoms with van der Waals surface area (Å²) in [7, 11) is 0. The second-order valence-corrected chi connectivity index (χ2v) is 8.41. The Hall–Kier alpha value is -2.89. The van der Waals surface area contributed by atoms with Crippen molar-refractivity contribution in [1.29, 1.82) is 0 Å². The third-order valence-electron chi connectivity index (χ3n) is 4.57. The molecule has 4 rings (SSSR count). The van der Waals surface area contributed by atoms with Crippen LogP contribution >= 0.6 is 11.8 Å². The van der Waals surface area contributed by atoms with Crippen molar-refractivity contribution in [2.45, 2.75) is 16.6 Å². The van der Waals surface area contributed by atoms with Crippen LogP contribution in [0.25, 0.3) is 11.2 Å². The smallest absolute Gasteiger partial charge is 0.231 e. The van der Waals surface area contributed by atoms with Crippen molar-refractivity contribution in [1.82, 2.24) is 29.6 Å². The van der Waals surface area contributed by atoms with E-state index in [1.165, 1.54) is 18.1 Å². The molecule has 11 nitrogen and oxygen atoms in total. The standard InChI is InChI=1S/C19H21N7O4S2/c1-2-12-9-13-14(30-8-7-29-13)10-15(12)31-19-25-16-17(20)22-11-23-18(16)26(19)6-5-21-3-4-24-32(27)28/h1,9-11,21,24H,3-8H2,(H,27,28)(H2,20,22,23).